The molecule has 2 aromatic carbocycles. The second-order valence-corrected chi connectivity index (χ2v) is 11.2. The summed E-state index contributed by atoms with van der Waals surface area (Å²) in [6, 6.07) is 2.96. The Labute approximate surface area is 250 Å². The third-order valence-corrected chi connectivity index (χ3v) is 9.00. The van der Waals surface area contributed by atoms with Gasteiger partial charge in [0.15, 0.2) is 46.6 Å². The molecular weight excluding hydrogens is 582 g/mol. The molecule has 2 aliphatic carbocycles. The summed E-state index contributed by atoms with van der Waals surface area (Å²) in [6.45, 7) is 4.22. The number of halogens is 1. The zero-order chi connectivity index (χ0) is 31.1. The molecule has 1 amide bonds. The molecule has 3 aromatic rings. The Kier molecular flexibility index (Phi) is 6.68. The van der Waals surface area contributed by atoms with Crippen LogP contribution in [0.3, 0.4) is 0 Å². The number of hydrogen-bond acceptors (Lipinski definition) is 10. The van der Waals surface area contributed by atoms with E-state index in [-0.39, 0.29) is 85.6 Å². The number of fused-ring (bicyclic) bond motifs is 5. The van der Waals surface area contributed by atoms with Crippen LogP contribution >= 0.6 is 11.6 Å². The van der Waals surface area contributed by atoms with E-state index in [2.05, 4.69) is 0 Å². The Morgan fingerprint density at radius 2 is 1.84 bits per heavy atom. The van der Waals surface area contributed by atoms with E-state index < -0.39 is 34.6 Å². The molecule has 3 atom stereocenters. The first-order valence-electron chi connectivity index (χ1n) is 13.4. The number of rotatable bonds is 4. The largest absolute Gasteiger partial charge is 0.495 e. The fourth-order valence-corrected chi connectivity index (χ4v) is 6.59. The van der Waals surface area contributed by atoms with Crippen molar-refractivity contribution in [3.05, 3.63) is 61.4 Å². The van der Waals surface area contributed by atoms with Gasteiger partial charge in [-0.25, -0.2) is 0 Å². The molecule has 6 rings (SSSR count). The maximum Gasteiger partial charge on any atom is 0.223 e. The SMILES string of the molecule is COc1c(Cl)ccc2c(=O)c3c(OC)c4c5c(c3oc12)OCOC5CC1C(=O)C(/C=C(/C)N(C)C(C)=O)=C(C)C(=O)C41O. The molecule has 0 saturated carbocycles. The Balaban J connectivity index is 1.70. The van der Waals surface area contributed by atoms with Crippen molar-refractivity contribution in [3.8, 4) is 17.2 Å². The molecule has 11 nitrogen and oxygen atoms in total. The third kappa shape index (κ3) is 3.81. The van der Waals surface area contributed by atoms with Crippen LogP contribution in [0.2, 0.25) is 5.02 Å². The highest BCUT2D eigenvalue weighted by Gasteiger charge is 2.61. The van der Waals surface area contributed by atoms with Gasteiger partial charge in [-0.3, -0.25) is 19.2 Å². The van der Waals surface area contributed by atoms with Crippen LogP contribution in [0.25, 0.3) is 21.9 Å². The van der Waals surface area contributed by atoms with E-state index in [1.54, 1.807) is 14.0 Å². The van der Waals surface area contributed by atoms with E-state index in [0.717, 1.165) is 0 Å². The quantitative estimate of drug-likeness (QED) is 0.430. The maximum atomic E-state index is 14.2. The summed E-state index contributed by atoms with van der Waals surface area (Å²) in [4.78, 5) is 55.6. The van der Waals surface area contributed by atoms with E-state index in [1.165, 1.54) is 51.2 Å². The van der Waals surface area contributed by atoms with Crippen LogP contribution in [0.15, 0.2) is 44.3 Å². The lowest BCUT2D eigenvalue weighted by molar-refractivity contribution is -0.160. The van der Waals surface area contributed by atoms with Gasteiger partial charge >= 0.3 is 0 Å². The van der Waals surface area contributed by atoms with Crippen molar-refractivity contribution in [2.75, 3.05) is 28.1 Å². The van der Waals surface area contributed by atoms with Gasteiger partial charge in [0.25, 0.3) is 0 Å². The van der Waals surface area contributed by atoms with Crippen molar-refractivity contribution in [1.82, 2.24) is 4.90 Å². The van der Waals surface area contributed by atoms with Gasteiger partial charge in [-0.15, -0.1) is 0 Å². The standard InChI is InChI=1S/C31H28ClNO10/c1-12(33(4)14(3)34)9-16-13(2)30(37)31(38)17(23(16)35)10-19-20-22(31)27(40-6)21-24(36)15-7-8-18(32)26(39-5)25(15)43-29(21)28(20)42-11-41-19/h7-9,17,19,38H,10-11H2,1-6H3/b12-9-. The van der Waals surface area contributed by atoms with Gasteiger partial charge in [0.2, 0.25) is 11.3 Å². The Morgan fingerprint density at radius 1 is 1.14 bits per heavy atom. The van der Waals surface area contributed by atoms with Crippen LogP contribution < -0.4 is 19.6 Å². The zero-order valence-corrected chi connectivity index (χ0v) is 25.0. The van der Waals surface area contributed by atoms with Crippen LogP contribution in [-0.2, 0) is 24.7 Å². The second-order valence-electron chi connectivity index (χ2n) is 10.8. The number of aliphatic hydroxyl groups is 1. The van der Waals surface area contributed by atoms with Crippen LogP contribution in [0.1, 0.15) is 44.4 Å². The van der Waals surface area contributed by atoms with Gasteiger partial charge in [-0.1, -0.05) is 11.6 Å². The number of hydrogen-bond donors (Lipinski definition) is 1. The predicted molar refractivity (Wildman–Crippen MR) is 154 cm³/mol. The average molecular weight is 610 g/mol. The summed E-state index contributed by atoms with van der Waals surface area (Å²) in [7, 11) is 4.24. The summed E-state index contributed by atoms with van der Waals surface area (Å²) >= 11 is 6.31. The molecule has 0 radical (unpaired) electrons. The van der Waals surface area contributed by atoms with Crippen molar-refractivity contribution in [2.45, 2.75) is 38.9 Å². The fourth-order valence-electron chi connectivity index (χ4n) is 6.37. The smallest absolute Gasteiger partial charge is 0.223 e. The Bertz CT molecular complexity index is 1920. The van der Waals surface area contributed by atoms with E-state index in [0.29, 0.717) is 5.70 Å². The number of carbonyl (C=O) groups is 3. The maximum absolute atomic E-state index is 14.2. The zero-order valence-electron chi connectivity index (χ0n) is 24.2. The topological polar surface area (TPSA) is 142 Å². The Hall–Kier alpha value is -4.19. The molecule has 1 aromatic heterocycles. The lowest BCUT2D eigenvalue weighted by atomic mass is 9.60. The molecule has 0 spiro atoms. The number of nitrogens with zero attached hydrogens (tertiary/aromatic N) is 1. The first kappa shape index (κ1) is 28.9. The molecule has 0 fully saturated rings. The van der Waals surface area contributed by atoms with Gasteiger partial charge in [0.1, 0.15) is 11.1 Å². The first-order chi connectivity index (χ1) is 20.4. The highest BCUT2D eigenvalue weighted by atomic mass is 35.5. The van der Waals surface area contributed by atoms with Gasteiger partial charge < -0.3 is 33.4 Å². The first-order valence-corrected chi connectivity index (χ1v) is 13.8. The number of ether oxygens (including phenoxy) is 4. The van der Waals surface area contributed by atoms with Crippen LogP contribution in [0, 0.1) is 5.92 Å². The molecule has 0 bridgehead atoms. The summed E-state index contributed by atoms with van der Waals surface area (Å²) in [5.74, 6) is -2.70. The second kappa shape index (κ2) is 9.94. The van der Waals surface area contributed by atoms with Crippen LogP contribution in [-0.4, -0.2) is 55.5 Å². The molecule has 43 heavy (non-hydrogen) atoms. The predicted octanol–water partition coefficient (Wildman–Crippen LogP) is 4.08. The van der Waals surface area contributed by atoms with Gasteiger partial charge in [0, 0.05) is 41.9 Å². The van der Waals surface area contributed by atoms with Crippen LogP contribution in [0.5, 0.6) is 17.2 Å². The molecule has 1 N–H and O–H groups in total. The number of carbonyl (C=O) groups excluding carboxylic acids is 3. The molecule has 0 saturated heterocycles. The van der Waals surface area contributed by atoms with Gasteiger partial charge in [0.05, 0.1) is 36.7 Å². The minimum Gasteiger partial charge on any atom is -0.495 e. The number of allylic oxidation sites excluding steroid dienone is 3. The van der Waals surface area contributed by atoms with Crippen molar-refractivity contribution >= 4 is 51.0 Å². The van der Waals surface area contributed by atoms with E-state index in [9.17, 15) is 24.3 Å². The summed E-state index contributed by atoms with van der Waals surface area (Å²) in [6.07, 6.45) is 0.586. The van der Waals surface area contributed by atoms with Crippen molar-refractivity contribution in [2.24, 2.45) is 5.92 Å². The Morgan fingerprint density at radius 3 is 2.49 bits per heavy atom. The lowest BCUT2D eigenvalue weighted by Crippen LogP contribution is -2.55. The monoisotopic (exact) mass is 609 g/mol. The molecule has 12 heteroatoms. The fraction of sp³-hybridized carbons (Fsp3) is 0.355. The lowest BCUT2D eigenvalue weighted by Gasteiger charge is -2.47. The van der Waals surface area contributed by atoms with Crippen molar-refractivity contribution in [1.29, 1.82) is 0 Å². The van der Waals surface area contributed by atoms with Gasteiger partial charge in [-0.05, 0) is 38.5 Å². The summed E-state index contributed by atoms with van der Waals surface area (Å²) in [5.41, 5.74) is -2.20. The molecule has 3 aliphatic rings. The number of ketones is 2. The molecule has 3 unspecified atom stereocenters. The van der Waals surface area contributed by atoms with E-state index in [4.69, 9.17) is 35.0 Å². The molecule has 224 valence electrons. The minimum absolute atomic E-state index is 0.00242. The number of Topliss-reactive ketones (excluding diaryl/α,β-unsaturated/α-hetero) is 2. The highest BCUT2D eigenvalue weighted by molar-refractivity contribution is 6.33. The van der Waals surface area contributed by atoms with Gasteiger partial charge in [-0.2, -0.15) is 0 Å². The molecule has 2 heterocycles. The number of amides is 1. The third-order valence-electron chi connectivity index (χ3n) is 8.71. The average Bonchev–Trinajstić information content (AvgIpc) is 2.99. The summed E-state index contributed by atoms with van der Waals surface area (Å²) in [5, 5.41) is 12.7. The molecular formula is C31H28ClNO10. The normalized spacial score (nSPS) is 23.2. The van der Waals surface area contributed by atoms with Crippen molar-refractivity contribution in [3.63, 3.8) is 0 Å². The number of methoxy groups -OCH3 is 2. The number of benzene rings is 2. The minimum atomic E-state index is -2.41. The van der Waals surface area contributed by atoms with Crippen molar-refractivity contribution < 1.29 is 42.9 Å². The van der Waals surface area contributed by atoms with E-state index in [1.807, 2.05) is 0 Å². The molecule has 1 aliphatic heterocycles. The van der Waals surface area contributed by atoms with Crippen LogP contribution in [0.4, 0.5) is 0 Å². The van der Waals surface area contributed by atoms with E-state index >= 15 is 0 Å². The highest BCUT2D eigenvalue weighted by Crippen LogP contribution is 2.59. The summed E-state index contributed by atoms with van der Waals surface area (Å²) < 4.78 is 29.2.